The molecule has 3 heteroatoms. The molecule has 1 fully saturated rings. The average Bonchev–Trinajstić information content (AvgIpc) is 2.45. The minimum absolute atomic E-state index is 0.177. The maximum atomic E-state index is 10.8. The molecule has 0 aromatic carbocycles. The third-order valence-corrected chi connectivity index (χ3v) is 2.42. The highest BCUT2D eigenvalue weighted by Gasteiger charge is 2.19. The Morgan fingerprint density at radius 3 is 2.85 bits per heavy atom. The molecule has 1 amide bonds. The maximum absolute atomic E-state index is 10.8. The Hall–Kier alpha value is -0.860. The zero-order valence-corrected chi connectivity index (χ0v) is 8.14. The number of nitrogens with one attached hydrogen (secondary N) is 1. The summed E-state index contributed by atoms with van der Waals surface area (Å²) < 4.78 is 0. The summed E-state index contributed by atoms with van der Waals surface area (Å²) in [4.78, 5) is 21.5. The number of Topliss-reactive ketones (excluding diaryl/α,β-unsaturated/α-hetero) is 1. The molecule has 0 aromatic rings. The Kier molecular flexibility index (Phi) is 3.93. The van der Waals surface area contributed by atoms with E-state index in [9.17, 15) is 9.59 Å². The fourth-order valence-corrected chi connectivity index (χ4v) is 1.66. The molecule has 1 aliphatic heterocycles. The van der Waals surface area contributed by atoms with Gasteiger partial charge < -0.3 is 10.1 Å². The molecule has 1 N–H and O–H groups in total. The molecule has 0 radical (unpaired) electrons. The van der Waals surface area contributed by atoms with E-state index in [2.05, 4.69) is 5.32 Å². The predicted molar refractivity (Wildman–Crippen MR) is 50.3 cm³/mol. The quantitative estimate of drug-likeness (QED) is 0.655. The molecule has 1 rings (SSSR count). The van der Waals surface area contributed by atoms with Gasteiger partial charge in [-0.05, 0) is 26.2 Å². The SMILES string of the molecule is CC(=O)CCCCC1CCC(=O)N1. The lowest BCUT2D eigenvalue weighted by molar-refractivity contribution is -0.119. The van der Waals surface area contributed by atoms with E-state index in [0.717, 1.165) is 25.7 Å². The molecule has 1 saturated heterocycles. The van der Waals surface area contributed by atoms with Crippen LogP contribution in [0.5, 0.6) is 0 Å². The first-order valence-corrected chi connectivity index (χ1v) is 4.97. The van der Waals surface area contributed by atoms with Crippen LogP contribution in [0.3, 0.4) is 0 Å². The van der Waals surface area contributed by atoms with Crippen molar-refractivity contribution in [3.63, 3.8) is 0 Å². The molecule has 1 heterocycles. The molecule has 74 valence electrons. The summed E-state index contributed by atoms with van der Waals surface area (Å²) in [6, 6.07) is 0.374. The van der Waals surface area contributed by atoms with Crippen LogP contribution in [0.2, 0.25) is 0 Å². The normalized spacial score (nSPS) is 21.6. The van der Waals surface area contributed by atoms with E-state index in [4.69, 9.17) is 0 Å². The van der Waals surface area contributed by atoms with Crippen molar-refractivity contribution in [3.8, 4) is 0 Å². The summed E-state index contributed by atoms with van der Waals surface area (Å²) in [7, 11) is 0. The molecule has 0 bridgehead atoms. The number of carbonyl (C=O) groups excluding carboxylic acids is 2. The van der Waals surface area contributed by atoms with Gasteiger partial charge in [0.05, 0.1) is 0 Å². The molecule has 1 unspecified atom stereocenters. The van der Waals surface area contributed by atoms with Gasteiger partial charge in [0.1, 0.15) is 5.78 Å². The zero-order chi connectivity index (χ0) is 9.68. The van der Waals surface area contributed by atoms with Crippen molar-refractivity contribution in [1.29, 1.82) is 0 Å². The van der Waals surface area contributed by atoms with Crippen LogP contribution >= 0.6 is 0 Å². The number of amides is 1. The lowest BCUT2D eigenvalue weighted by atomic mass is 10.1. The molecular weight excluding hydrogens is 166 g/mol. The summed E-state index contributed by atoms with van der Waals surface area (Å²) in [6.07, 6.45) is 5.36. The molecule has 1 atom stereocenters. The first-order valence-electron chi connectivity index (χ1n) is 4.97. The van der Waals surface area contributed by atoms with Crippen LogP contribution in [-0.4, -0.2) is 17.7 Å². The average molecular weight is 183 g/mol. The largest absolute Gasteiger partial charge is 0.353 e. The van der Waals surface area contributed by atoms with Crippen molar-refractivity contribution in [2.45, 2.75) is 51.5 Å². The van der Waals surface area contributed by atoms with E-state index in [1.54, 1.807) is 6.92 Å². The van der Waals surface area contributed by atoms with Crippen LogP contribution < -0.4 is 5.32 Å². The van der Waals surface area contributed by atoms with Crippen LogP contribution in [0, 0.1) is 0 Å². The second kappa shape index (κ2) is 5.00. The van der Waals surface area contributed by atoms with E-state index < -0.39 is 0 Å². The number of hydrogen-bond acceptors (Lipinski definition) is 2. The molecule has 0 saturated carbocycles. The fraction of sp³-hybridized carbons (Fsp3) is 0.800. The van der Waals surface area contributed by atoms with Crippen LogP contribution in [0.4, 0.5) is 0 Å². The van der Waals surface area contributed by atoms with E-state index in [1.807, 2.05) is 0 Å². The van der Waals surface area contributed by atoms with Crippen LogP contribution in [0.15, 0.2) is 0 Å². The maximum Gasteiger partial charge on any atom is 0.220 e. The lowest BCUT2D eigenvalue weighted by Gasteiger charge is -2.08. The predicted octanol–water partition coefficient (Wildman–Crippen LogP) is 1.41. The van der Waals surface area contributed by atoms with Gasteiger partial charge in [-0.15, -0.1) is 0 Å². The number of unbranched alkanes of at least 4 members (excludes halogenated alkanes) is 1. The summed E-state index contributed by atoms with van der Waals surface area (Å²) in [5.41, 5.74) is 0. The third kappa shape index (κ3) is 4.06. The van der Waals surface area contributed by atoms with Gasteiger partial charge in [0.15, 0.2) is 0 Å². The number of ketones is 1. The second-order valence-corrected chi connectivity index (χ2v) is 3.75. The minimum atomic E-state index is 0.177. The number of hydrogen-bond donors (Lipinski definition) is 1. The van der Waals surface area contributed by atoms with E-state index >= 15 is 0 Å². The molecule has 3 nitrogen and oxygen atoms in total. The summed E-state index contributed by atoms with van der Waals surface area (Å²) >= 11 is 0. The summed E-state index contributed by atoms with van der Waals surface area (Å²) in [5.74, 6) is 0.437. The minimum Gasteiger partial charge on any atom is -0.353 e. The highest BCUT2D eigenvalue weighted by Crippen LogP contribution is 2.13. The van der Waals surface area contributed by atoms with E-state index in [0.29, 0.717) is 18.9 Å². The Labute approximate surface area is 78.9 Å². The van der Waals surface area contributed by atoms with Crippen molar-refractivity contribution in [3.05, 3.63) is 0 Å². The fourth-order valence-electron chi connectivity index (χ4n) is 1.66. The second-order valence-electron chi connectivity index (χ2n) is 3.75. The topological polar surface area (TPSA) is 46.2 Å². The first-order chi connectivity index (χ1) is 6.18. The van der Waals surface area contributed by atoms with E-state index in [1.165, 1.54) is 0 Å². The van der Waals surface area contributed by atoms with Gasteiger partial charge in [0, 0.05) is 18.9 Å². The van der Waals surface area contributed by atoms with Gasteiger partial charge >= 0.3 is 0 Å². The highest BCUT2D eigenvalue weighted by atomic mass is 16.2. The van der Waals surface area contributed by atoms with Gasteiger partial charge in [-0.3, -0.25) is 4.79 Å². The Morgan fingerprint density at radius 2 is 2.31 bits per heavy atom. The molecule has 0 aromatic heterocycles. The van der Waals surface area contributed by atoms with Crippen molar-refractivity contribution >= 4 is 11.7 Å². The Morgan fingerprint density at radius 1 is 1.54 bits per heavy atom. The molecule has 1 aliphatic rings. The molecule has 0 spiro atoms. The van der Waals surface area contributed by atoms with Crippen LogP contribution in [0.25, 0.3) is 0 Å². The van der Waals surface area contributed by atoms with Crippen LogP contribution in [-0.2, 0) is 9.59 Å². The van der Waals surface area contributed by atoms with Crippen molar-refractivity contribution in [1.82, 2.24) is 5.32 Å². The Bertz CT molecular complexity index is 201. The van der Waals surface area contributed by atoms with Gasteiger partial charge in [0.2, 0.25) is 5.91 Å². The van der Waals surface area contributed by atoms with Crippen LogP contribution in [0.1, 0.15) is 45.4 Å². The third-order valence-electron chi connectivity index (χ3n) is 2.42. The zero-order valence-electron chi connectivity index (χ0n) is 8.14. The smallest absolute Gasteiger partial charge is 0.220 e. The van der Waals surface area contributed by atoms with Crippen molar-refractivity contribution in [2.24, 2.45) is 0 Å². The van der Waals surface area contributed by atoms with Gasteiger partial charge in [-0.25, -0.2) is 0 Å². The number of rotatable bonds is 5. The lowest BCUT2D eigenvalue weighted by Crippen LogP contribution is -2.24. The summed E-state index contributed by atoms with van der Waals surface area (Å²) in [6.45, 7) is 1.62. The highest BCUT2D eigenvalue weighted by molar-refractivity contribution is 5.78. The molecule has 0 aliphatic carbocycles. The monoisotopic (exact) mass is 183 g/mol. The summed E-state index contributed by atoms with van der Waals surface area (Å²) in [5, 5.41) is 2.92. The van der Waals surface area contributed by atoms with E-state index in [-0.39, 0.29) is 11.7 Å². The molecule has 13 heavy (non-hydrogen) atoms. The van der Waals surface area contributed by atoms with Crippen molar-refractivity contribution in [2.75, 3.05) is 0 Å². The van der Waals surface area contributed by atoms with Gasteiger partial charge in [-0.2, -0.15) is 0 Å². The van der Waals surface area contributed by atoms with Gasteiger partial charge in [-0.1, -0.05) is 6.42 Å². The van der Waals surface area contributed by atoms with Gasteiger partial charge in [0.25, 0.3) is 0 Å². The molecular formula is C10H17NO2. The Balaban J connectivity index is 2.00. The number of carbonyl (C=O) groups is 2. The first kappa shape index (κ1) is 10.2. The van der Waals surface area contributed by atoms with Crippen molar-refractivity contribution < 1.29 is 9.59 Å². The standard InChI is InChI=1S/C10H17NO2/c1-8(12)4-2-3-5-9-6-7-10(13)11-9/h9H,2-7H2,1H3,(H,11,13).